The second kappa shape index (κ2) is 8.03. The molecule has 0 aromatic carbocycles. The van der Waals surface area contributed by atoms with E-state index in [1.54, 1.807) is 6.92 Å². The molecule has 2 aromatic rings. The lowest BCUT2D eigenvalue weighted by molar-refractivity contribution is 0.121. The minimum atomic E-state index is -3.21. The summed E-state index contributed by atoms with van der Waals surface area (Å²) < 4.78 is 51.6. The standard InChI is InChI=1S/C20H25F2N5O3S/c1-20(28)7-3-4-14(20)17-16-12(10-15(25-17)18(21)22)11-23-19(26-16)24-13-5-8-27(9-6-13)31(2,29)30/h4,10-11,13,18,28H,3,5-9H2,1-2H3,(H,23,24,26). The Labute approximate surface area is 179 Å². The lowest BCUT2D eigenvalue weighted by Gasteiger charge is -2.30. The molecule has 2 aliphatic rings. The topological polar surface area (TPSA) is 108 Å². The number of alkyl halides is 2. The van der Waals surface area contributed by atoms with Crippen LogP contribution in [0.4, 0.5) is 14.7 Å². The number of aromatic nitrogens is 3. The largest absolute Gasteiger partial charge is 0.385 e. The van der Waals surface area contributed by atoms with E-state index in [0.717, 1.165) is 0 Å². The summed E-state index contributed by atoms with van der Waals surface area (Å²) in [6.07, 6.45) is 4.03. The minimum absolute atomic E-state index is 0.0130. The summed E-state index contributed by atoms with van der Waals surface area (Å²) in [4.78, 5) is 12.9. The van der Waals surface area contributed by atoms with Crippen LogP contribution in [-0.4, -0.2) is 63.8 Å². The number of aliphatic hydroxyl groups is 1. The highest BCUT2D eigenvalue weighted by Crippen LogP contribution is 2.39. The second-order valence-corrected chi connectivity index (χ2v) is 10.3. The number of anilines is 1. The molecule has 0 saturated carbocycles. The van der Waals surface area contributed by atoms with Crippen LogP contribution in [0.3, 0.4) is 0 Å². The zero-order valence-corrected chi connectivity index (χ0v) is 18.2. The van der Waals surface area contributed by atoms with Crippen molar-refractivity contribution in [2.45, 2.75) is 50.7 Å². The maximum Gasteiger partial charge on any atom is 0.280 e. The number of allylic oxidation sites excluding steroid dienone is 1. The molecular formula is C20H25F2N5O3S. The summed E-state index contributed by atoms with van der Waals surface area (Å²) in [6.45, 7) is 2.46. The number of nitrogens with one attached hydrogen (secondary N) is 1. The van der Waals surface area contributed by atoms with E-state index in [1.165, 1.54) is 22.8 Å². The summed E-state index contributed by atoms with van der Waals surface area (Å²) in [6, 6.07) is 1.25. The Hall–Kier alpha value is -2.24. The van der Waals surface area contributed by atoms with Crippen LogP contribution in [0.25, 0.3) is 16.5 Å². The zero-order chi connectivity index (χ0) is 22.4. The van der Waals surface area contributed by atoms with Gasteiger partial charge < -0.3 is 10.4 Å². The van der Waals surface area contributed by atoms with Crippen LogP contribution in [-0.2, 0) is 10.0 Å². The molecule has 1 aliphatic heterocycles. The maximum absolute atomic E-state index is 13.4. The van der Waals surface area contributed by atoms with Gasteiger partial charge in [0.1, 0.15) is 11.2 Å². The van der Waals surface area contributed by atoms with Gasteiger partial charge in [-0.2, -0.15) is 0 Å². The van der Waals surface area contributed by atoms with Gasteiger partial charge in [0, 0.05) is 36.3 Å². The maximum atomic E-state index is 13.4. The van der Waals surface area contributed by atoms with E-state index in [0.29, 0.717) is 61.2 Å². The molecule has 1 aliphatic carbocycles. The lowest BCUT2D eigenvalue weighted by atomic mass is 9.94. The number of hydrogen-bond acceptors (Lipinski definition) is 7. The zero-order valence-electron chi connectivity index (χ0n) is 17.3. The van der Waals surface area contributed by atoms with Crippen molar-refractivity contribution in [2.75, 3.05) is 24.7 Å². The van der Waals surface area contributed by atoms with E-state index in [1.807, 2.05) is 6.08 Å². The predicted molar refractivity (Wildman–Crippen MR) is 113 cm³/mol. The van der Waals surface area contributed by atoms with Crippen LogP contribution in [0, 0.1) is 0 Å². The predicted octanol–water partition coefficient (Wildman–Crippen LogP) is 2.73. The molecule has 2 aromatic heterocycles. The number of halogens is 2. The van der Waals surface area contributed by atoms with Crippen molar-refractivity contribution >= 4 is 32.4 Å². The summed E-state index contributed by atoms with van der Waals surface area (Å²) >= 11 is 0. The third kappa shape index (κ3) is 4.53. The molecule has 3 heterocycles. The van der Waals surface area contributed by atoms with Gasteiger partial charge in [-0.05, 0) is 38.7 Å². The van der Waals surface area contributed by atoms with E-state index >= 15 is 0 Å². The Bertz CT molecular complexity index is 1130. The van der Waals surface area contributed by atoms with E-state index < -0.39 is 22.0 Å². The van der Waals surface area contributed by atoms with Gasteiger partial charge >= 0.3 is 0 Å². The molecule has 1 fully saturated rings. The van der Waals surface area contributed by atoms with Crippen molar-refractivity contribution in [3.63, 3.8) is 0 Å². The lowest BCUT2D eigenvalue weighted by Crippen LogP contribution is -2.42. The normalized spacial score (nSPS) is 23.5. The first-order chi connectivity index (χ1) is 14.5. The van der Waals surface area contributed by atoms with Crippen LogP contribution < -0.4 is 5.32 Å². The molecule has 1 atom stereocenters. The van der Waals surface area contributed by atoms with Gasteiger partial charge in [-0.15, -0.1) is 0 Å². The van der Waals surface area contributed by atoms with Crippen LogP contribution in [0.5, 0.6) is 0 Å². The average molecular weight is 454 g/mol. The van der Waals surface area contributed by atoms with E-state index in [-0.39, 0.29) is 17.4 Å². The van der Waals surface area contributed by atoms with Crippen molar-refractivity contribution in [1.82, 2.24) is 19.3 Å². The monoisotopic (exact) mass is 453 g/mol. The molecule has 0 spiro atoms. The Morgan fingerprint density at radius 1 is 1.29 bits per heavy atom. The number of fused-ring (bicyclic) bond motifs is 1. The number of sulfonamides is 1. The first kappa shape index (κ1) is 22.0. The van der Waals surface area contributed by atoms with Crippen LogP contribution in [0.2, 0.25) is 0 Å². The summed E-state index contributed by atoms with van der Waals surface area (Å²) in [5, 5.41) is 14.3. The molecule has 0 radical (unpaired) electrons. The van der Waals surface area contributed by atoms with E-state index in [2.05, 4.69) is 20.3 Å². The minimum Gasteiger partial charge on any atom is -0.385 e. The van der Waals surface area contributed by atoms with E-state index in [4.69, 9.17) is 0 Å². The van der Waals surface area contributed by atoms with Crippen LogP contribution in [0.15, 0.2) is 18.3 Å². The number of pyridine rings is 1. The second-order valence-electron chi connectivity index (χ2n) is 8.34. The first-order valence-corrected chi connectivity index (χ1v) is 12.0. The van der Waals surface area contributed by atoms with Crippen molar-refractivity contribution in [3.8, 4) is 0 Å². The molecule has 4 rings (SSSR count). The molecule has 0 amide bonds. The highest BCUT2D eigenvalue weighted by atomic mass is 32.2. The SMILES string of the molecule is CC1(O)CCC=C1c1nc(C(F)F)cc2cnc(NC3CCN(S(C)(=O)=O)CC3)nc12. The molecule has 8 nitrogen and oxygen atoms in total. The molecule has 11 heteroatoms. The summed E-state index contributed by atoms with van der Waals surface area (Å²) in [5.41, 5.74) is -0.427. The quantitative estimate of drug-likeness (QED) is 0.717. The molecule has 0 bridgehead atoms. The Balaban J connectivity index is 1.66. The van der Waals surface area contributed by atoms with Gasteiger partial charge in [0.2, 0.25) is 16.0 Å². The van der Waals surface area contributed by atoms with Gasteiger partial charge in [-0.1, -0.05) is 6.08 Å². The van der Waals surface area contributed by atoms with Crippen molar-refractivity contribution in [1.29, 1.82) is 0 Å². The summed E-state index contributed by atoms with van der Waals surface area (Å²) in [5.74, 6) is 0.316. The Morgan fingerprint density at radius 2 is 2.00 bits per heavy atom. The summed E-state index contributed by atoms with van der Waals surface area (Å²) in [7, 11) is -3.21. The molecule has 1 unspecified atom stereocenters. The molecule has 1 saturated heterocycles. The average Bonchev–Trinajstić information content (AvgIpc) is 3.05. The fourth-order valence-corrected chi connectivity index (χ4v) is 5.02. The number of nitrogens with zero attached hydrogens (tertiary/aromatic N) is 4. The van der Waals surface area contributed by atoms with Crippen LogP contribution >= 0.6 is 0 Å². The fraction of sp³-hybridized carbons (Fsp3) is 0.550. The van der Waals surface area contributed by atoms with Gasteiger partial charge in [0.15, 0.2) is 0 Å². The Kier molecular flexibility index (Phi) is 5.69. The van der Waals surface area contributed by atoms with E-state index in [9.17, 15) is 22.3 Å². The van der Waals surface area contributed by atoms with Crippen molar-refractivity contribution in [2.24, 2.45) is 0 Å². The third-order valence-electron chi connectivity index (χ3n) is 5.88. The van der Waals surface area contributed by atoms with Crippen LogP contribution in [0.1, 0.15) is 50.4 Å². The van der Waals surface area contributed by atoms with Crippen molar-refractivity contribution < 1.29 is 22.3 Å². The first-order valence-electron chi connectivity index (χ1n) is 10.2. The third-order valence-corrected chi connectivity index (χ3v) is 7.18. The molecule has 31 heavy (non-hydrogen) atoms. The molecule has 2 N–H and O–H groups in total. The highest BCUT2D eigenvalue weighted by molar-refractivity contribution is 7.88. The van der Waals surface area contributed by atoms with Gasteiger partial charge in [-0.25, -0.2) is 36.5 Å². The fourth-order valence-electron chi connectivity index (χ4n) is 4.15. The Morgan fingerprint density at radius 3 is 2.58 bits per heavy atom. The molecule has 168 valence electrons. The number of piperidine rings is 1. The number of rotatable bonds is 5. The highest BCUT2D eigenvalue weighted by Gasteiger charge is 2.34. The van der Waals surface area contributed by atoms with Gasteiger partial charge in [0.05, 0.1) is 17.6 Å². The number of hydrogen-bond donors (Lipinski definition) is 2. The molecular weight excluding hydrogens is 428 g/mol. The van der Waals surface area contributed by atoms with Gasteiger partial charge in [-0.3, -0.25) is 0 Å². The van der Waals surface area contributed by atoms with Crippen molar-refractivity contribution in [3.05, 3.63) is 29.7 Å². The smallest absolute Gasteiger partial charge is 0.280 e. The van der Waals surface area contributed by atoms with Gasteiger partial charge in [0.25, 0.3) is 6.43 Å².